The van der Waals surface area contributed by atoms with Crippen LogP contribution in [0.1, 0.15) is 5.56 Å². The molecule has 0 saturated carbocycles. The predicted octanol–water partition coefficient (Wildman–Crippen LogP) is 4.42. The molecule has 2 aromatic carbocycles. The molecule has 1 aromatic heterocycles. The number of aromatic nitrogens is 2. The third-order valence-electron chi connectivity index (χ3n) is 3.70. The normalized spacial score (nSPS) is 10.7. The van der Waals surface area contributed by atoms with Gasteiger partial charge in [0.2, 0.25) is 0 Å². The minimum Gasteiger partial charge on any atom is -0.476 e. The number of hydrogen-bond acceptors (Lipinski definition) is 6. The Kier molecular flexibility index (Phi) is 5.62. The lowest BCUT2D eigenvalue weighted by molar-refractivity contribution is 0.367. The number of anilines is 2. The van der Waals surface area contributed by atoms with E-state index in [1.165, 1.54) is 18.5 Å². The van der Waals surface area contributed by atoms with E-state index in [1.807, 2.05) is 37.6 Å². The number of fused-ring (bicyclic) bond motifs is 1. The van der Waals surface area contributed by atoms with Crippen molar-refractivity contribution < 1.29 is 9.13 Å². The van der Waals surface area contributed by atoms with E-state index in [9.17, 15) is 4.39 Å². The summed E-state index contributed by atoms with van der Waals surface area (Å²) in [4.78, 5) is 8.69. The van der Waals surface area contributed by atoms with Crippen LogP contribution >= 0.6 is 0 Å². The van der Waals surface area contributed by atoms with Crippen molar-refractivity contribution in [1.29, 1.82) is 5.26 Å². The topological polar surface area (TPSA) is 83.2 Å². The fraction of sp³-hybridized carbons (Fsp3) is 0.211. The second kappa shape index (κ2) is 8.10. The van der Waals surface area contributed by atoms with E-state index in [1.54, 1.807) is 6.07 Å². The van der Waals surface area contributed by atoms with Crippen LogP contribution < -0.4 is 10.1 Å². The lowest BCUT2D eigenvalue weighted by Crippen LogP contribution is -2.02. The Morgan fingerprint density at radius 1 is 1.26 bits per heavy atom. The molecule has 0 aliphatic heterocycles. The lowest BCUT2D eigenvalue weighted by Gasteiger charge is -2.14. The highest BCUT2D eigenvalue weighted by atomic mass is 32.2. The van der Waals surface area contributed by atoms with Gasteiger partial charge < -0.3 is 10.1 Å². The Labute approximate surface area is 159 Å². The zero-order valence-corrected chi connectivity index (χ0v) is 16.0. The van der Waals surface area contributed by atoms with Gasteiger partial charge in [0, 0.05) is 11.5 Å². The SMILES string of the molecule is Cc1cc(N=S(C)C)cc2ncnc(Nc3ccc(F)cc3OCC#N)c12. The molecule has 0 amide bonds. The maximum Gasteiger partial charge on any atom is 0.174 e. The van der Waals surface area contributed by atoms with Crippen molar-refractivity contribution >= 4 is 38.8 Å². The Morgan fingerprint density at radius 2 is 2.07 bits per heavy atom. The minimum atomic E-state index is -0.446. The van der Waals surface area contributed by atoms with Crippen LogP contribution in [0.4, 0.5) is 21.6 Å². The van der Waals surface area contributed by atoms with Crippen LogP contribution in [-0.2, 0) is 10.7 Å². The van der Waals surface area contributed by atoms with Crippen LogP contribution in [0, 0.1) is 24.1 Å². The summed E-state index contributed by atoms with van der Waals surface area (Å²) in [5, 5.41) is 12.7. The maximum absolute atomic E-state index is 13.6. The van der Waals surface area contributed by atoms with Crippen LogP contribution in [0.5, 0.6) is 5.75 Å². The van der Waals surface area contributed by atoms with Crippen molar-refractivity contribution in [2.45, 2.75) is 6.92 Å². The predicted molar refractivity (Wildman–Crippen MR) is 106 cm³/mol. The molecule has 0 fully saturated rings. The lowest BCUT2D eigenvalue weighted by atomic mass is 10.1. The smallest absolute Gasteiger partial charge is 0.174 e. The molecule has 8 heteroatoms. The molecule has 27 heavy (non-hydrogen) atoms. The molecule has 6 nitrogen and oxygen atoms in total. The van der Waals surface area contributed by atoms with Gasteiger partial charge in [0.15, 0.2) is 6.61 Å². The Morgan fingerprint density at radius 3 is 2.81 bits per heavy atom. The van der Waals surface area contributed by atoms with Crippen LogP contribution in [0.2, 0.25) is 0 Å². The molecule has 0 aliphatic carbocycles. The highest BCUT2D eigenvalue weighted by Gasteiger charge is 2.12. The van der Waals surface area contributed by atoms with Gasteiger partial charge in [-0.15, -0.1) is 10.7 Å². The largest absolute Gasteiger partial charge is 0.476 e. The first-order chi connectivity index (χ1) is 13.0. The van der Waals surface area contributed by atoms with Crippen LogP contribution in [0.15, 0.2) is 41.0 Å². The zero-order valence-electron chi connectivity index (χ0n) is 15.2. The minimum absolute atomic E-state index is 0.0757. The van der Waals surface area contributed by atoms with Gasteiger partial charge in [0.1, 0.15) is 29.8 Å². The summed E-state index contributed by atoms with van der Waals surface area (Å²) in [6, 6.07) is 9.88. The average Bonchev–Trinajstić information content (AvgIpc) is 2.61. The van der Waals surface area contributed by atoms with Crippen molar-refractivity contribution in [3.05, 3.63) is 48.0 Å². The monoisotopic (exact) mass is 383 g/mol. The first-order valence-corrected chi connectivity index (χ1v) is 10.1. The first-order valence-electron chi connectivity index (χ1n) is 8.09. The average molecular weight is 383 g/mol. The summed E-state index contributed by atoms with van der Waals surface area (Å²) in [7, 11) is -0.0757. The molecule has 0 spiro atoms. The molecule has 0 aliphatic rings. The van der Waals surface area contributed by atoms with E-state index < -0.39 is 5.82 Å². The van der Waals surface area contributed by atoms with E-state index in [0.29, 0.717) is 11.5 Å². The molecule has 0 atom stereocenters. The van der Waals surface area contributed by atoms with E-state index in [-0.39, 0.29) is 23.0 Å². The number of hydrogen-bond donors (Lipinski definition) is 1. The zero-order chi connectivity index (χ0) is 19.4. The highest BCUT2D eigenvalue weighted by Crippen LogP contribution is 2.33. The second-order valence-corrected chi connectivity index (χ2v) is 7.69. The number of ether oxygens (including phenoxy) is 1. The Hall–Kier alpha value is -3.05. The van der Waals surface area contributed by atoms with Crippen molar-refractivity contribution in [3.8, 4) is 11.8 Å². The molecule has 1 heterocycles. The van der Waals surface area contributed by atoms with Gasteiger partial charge in [-0.1, -0.05) is 0 Å². The van der Waals surface area contributed by atoms with Gasteiger partial charge in [0.25, 0.3) is 0 Å². The molecule has 0 bridgehead atoms. The van der Waals surface area contributed by atoms with E-state index in [0.717, 1.165) is 22.2 Å². The third-order valence-corrected chi connectivity index (χ3v) is 4.27. The quantitative estimate of drug-likeness (QED) is 0.705. The molecule has 138 valence electrons. The molecule has 3 aromatic rings. The number of halogens is 1. The summed E-state index contributed by atoms with van der Waals surface area (Å²) < 4.78 is 23.5. The molecular formula is C19H18FN5OS. The third kappa shape index (κ3) is 4.38. The summed E-state index contributed by atoms with van der Waals surface area (Å²) in [6.45, 7) is 1.79. The van der Waals surface area contributed by atoms with Gasteiger partial charge in [-0.25, -0.2) is 18.7 Å². The van der Waals surface area contributed by atoms with Gasteiger partial charge in [-0.05, 0) is 49.3 Å². The summed E-state index contributed by atoms with van der Waals surface area (Å²) in [5.74, 6) is 0.371. The van der Waals surface area contributed by atoms with Crippen LogP contribution in [-0.4, -0.2) is 29.1 Å². The number of nitrogens with zero attached hydrogens (tertiary/aromatic N) is 4. The van der Waals surface area contributed by atoms with Crippen molar-refractivity contribution in [2.24, 2.45) is 4.36 Å². The standard InChI is InChI=1S/C19H18FN5OS/c1-12-8-14(25-27(2)3)10-16-18(12)19(23-11-22-16)24-15-5-4-13(20)9-17(15)26-7-6-21/h4-5,8-11H,7H2,1-3H3,(H,22,23,24). The van der Waals surface area contributed by atoms with Crippen molar-refractivity contribution in [1.82, 2.24) is 9.97 Å². The first kappa shape index (κ1) is 18.7. The van der Waals surface area contributed by atoms with Crippen LogP contribution in [0.3, 0.4) is 0 Å². The Bertz CT molecular complexity index is 1070. The fourth-order valence-electron chi connectivity index (χ4n) is 2.69. The van der Waals surface area contributed by atoms with Gasteiger partial charge in [-0.3, -0.25) is 0 Å². The number of benzene rings is 2. The molecule has 1 N–H and O–H groups in total. The number of rotatable bonds is 5. The van der Waals surface area contributed by atoms with Gasteiger partial charge >= 0.3 is 0 Å². The maximum atomic E-state index is 13.6. The fourth-order valence-corrected chi connectivity index (χ4v) is 3.21. The summed E-state index contributed by atoms with van der Waals surface area (Å²) in [6.07, 6.45) is 5.55. The van der Waals surface area contributed by atoms with Crippen molar-refractivity contribution in [3.63, 3.8) is 0 Å². The van der Waals surface area contributed by atoms with Crippen molar-refractivity contribution in [2.75, 3.05) is 24.4 Å². The highest BCUT2D eigenvalue weighted by molar-refractivity contribution is 7.85. The van der Waals surface area contributed by atoms with E-state index in [2.05, 4.69) is 19.6 Å². The Balaban J connectivity index is 2.06. The number of nitrogens with one attached hydrogen (secondary N) is 1. The molecule has 0 saturated heterocycles. The summed E-state index contributed by atoms with van der Waals surface area (Å²) >= 11 is 0. The number of nitriles is 1. The summed E-state index contributed by atoms with van der Waals surface area (Å²) in [5.41, 5.74) is 3.13. The molecule has 3 rings (SSSR count). The molecule has 0 unspecified atom stereocenters. The van der Waals surface area contributed by atoms with E-state index in [4.69, 9.17) is 10.00 Å². The second-order valence-electron chi connectivity index (χ2n) is 5.96. The molecule has 0 radical (unpaired) electrons. The van der Waals surface area contributed by atoms with Gasteiger partial charge in [-0.2, -0.15) is 5.26 Å². The molecular weight excluding hydrogens is 365 g/mol. The van der Waals surface area contributed by atoms with E-state index >= 15 is 0 Å². The van der Waals surface area contributed by atoms with Gasteiger partial charge in [0.05, 0.1) is 16.9 Å². The number of aryl methyl sites for hydroxylation is 1. The van der Waals surface area contributed by atoms with Crippen LogP contribution in [0.25, 0.3) is 10.9 Å².